The molecule has 2 aromatic carbocycles. The van der Waals surface area contributed by atoms with E-state index in [2.05, 4.69) is 36.2 Å². The zero-order chi connectivity index (χ0) is 16.8. The molecular formula is C21H27NO2. The number of benzene rings is 2. The van der Waals surface area contributed by atoms with Gasteiger partial charge < -0.3 is 14.4 Å². The van der Waals surface area contributed by atoms with Crippen molar-refractivity contribution in [2.75, 3.05) is 33.9 Å². The molecule has 0 spiro atoms. The molecule has 2 aromatic rings. The molecular weight excluding hydrogens is 298 g/mol. The minimum absolute atomic E-state index is 0.759. The Labute approximate surface area is 145 Å². The van der Waals surface area contributed by atoms with Gasteiger partial charge >= 0.3 is 0 Å². The van der Waals surface area contributed by atoms with E-state index in [4.69, 9.17) is 9.47 Å². The lowest BCUT2D eigenvalue weighted by molar-refractivity contribution is 0.185. The summed E-state index contributed by atoms with van der Waals surface area (Å²) in [5.41, 5.74) is 2.34. The molecule has 0 N–H and O–H groups in total. The third-order valence-corrected chi connectivity index (χ3v) is 4.89. The van der Waals surface area contributed by atoms with Crippen LogP contribution < -0.4 is 9.47 Å². The molecule has 3 nitrogen and oxygen atoms in total. The topological polar surface area (TPSA) is 21.7 Å². The van der Waals surface area contributed by atoms with Crippen molar-refractivity contribution in [1.82, 2.24) is 4.90 Å². The van der Waals surface area contributed by atoms with Crippen LogP contribution in [0.15, 0.2) is 48.5 Å². The van der Waals surface area contributed by atoms with Gasteiger partial charge in [0.25, 0.3) is 0 Å². The van der Waals surface area contributed by atoms with E-state index in [0.717, 1.165) is 36.0 Å². The Balaban J connectivity index is 1.59. The first kappa shape index (κ1) is 16.8. The maximum Gasteiger partial charge on any atom is 0.161 e. The maximum absolute atomic E-state index is 6.01. The molecule has 128 valence electrons. The number of rotatable bonds is 6. The number of piperidine rings is 1. The second-order valence-electron chi connectivity index (χ2n) is 6.62. The second kappa shape index (κ2) is 8.20. The predicted molar refractivity (Wildman–Crippen MR) is 98.8 cm³/mol. The number of methoxy groups -OCH3 is 1. The average Bonchev–Trinajstić information content (AvgIpc) is 2.64. The van der Waals surface area contributed by atoms with Crippen molar-refractivity contribution in [3.05, 3.63) is 48.5 Å². The molecule has 24 heavy (non-hydrogen) atoms. The molecule has 1 aliphatic heterocycles. The standard InChI is InChI=1S/C21H27NO2/c1-22-13-10-17(11-14-22)12-15-24-20-9-8-19(16-21(20)23-2)18-6-4-3-5-7-18/h3-9,16-17H,10-15H2,1-2H3. The van der Waals surface area contributed by atoms with Gasteiger partial charge in [0.1, 0.15) is 0 Å². The highest BCUT2D eigenvalue weighted by molar-refractivity contribution is 5.67. The number of hydrogen-bond acceptors (Lipinski definition) is 3. The summed E-state index contributed by atoms with van der Waals surface area (Å²) in [6, 6.07) is 16.5. The summed E-state index contributed by atoms with van der Waals surface area (Å²) in [6.07, 6.45) is 3.69. The van der Waals surface area contributed by atoms with Crippen LogP contribution in [0.3, 0.4) is 0 Å². The Morgan fingerprint density at radius 1 is 0.958 bits per heavy atom. The van der Waals surface area contributed by atoms with E-state index in [1.807, 2.05) is 24.3 Å². The van der Waals surface area contributed by atoms with Crippen LogP contribution >= 0.6 is 0 Å². The highest BCUT2D eigenvalue weighted by atomic mass is 16.5. The predicted octanol–water partition coefficient (Wildman–Crippen LogP) is 4.47. The van der Waals surface area contributed by atoms with E-state index in [0.29, 0.717) is 0 Å². The highest BCUT2D eigenvalue weighted by Crippen LogP contribution is 2.33. The van der Waals surface area contributed by atoms with Gasteiger partial charge in [-0.3, -0.25) is 0 Å². The van der Waals surface area contributed by atoms with Gasteiger partial charge in [-0.15, -0.1) is 0 Å². The molecule has 0 bridgehead atoms. The van der Waals surface area contributed by atoms with E-state index in [1.165, 1.54) is 31.5 Å². The lowest BCUT2D eigenvalue weighted by atomic mass is 9.94. The van der Waals surface area contributed by atoms with Gasteiger partial charge in [0.15, 0.2) is 11.5 Å². The lowest BCUT2D eigenvalue weighted by Gasteiger charge is -2.28. The minimum atomic E-state index is 0.759. The number of nitrogens with zero attached hydrogens (tertiary/aromatic N) is 1. The molecule has 1 saturated heterocycles. The summed E-state index contributed by atoms with van der Waals surface area (Å²) in [5, 5.41) is 0. The molecule has 3 rings (SSSR count). The van der Waals surface area contributed by atoms with Crippen molar-refractivity contribution in [2.45, 2.75) is 19.3 Å². The van der Waals surface area contributed by atoms with Gasteiger partial charge in [-0.25, -0.2) is 0 Å². The molecule has 0 atom stereocenters. The molecule has 1 fully saturated rings. The summed E-state index contributed by atoms with van der Waals surface area (Å²) in [4.78, 5) is 2.41. The van der Waals surface area contributed by atoms with Crippen LogP contribution in [0.1, 0.15) is 19.3 Å². The fraction of sp³-hybridized carbons (Fsp3) is 0.429. The Hall–Kier alpha value is -2.00. The zero-order valence-electron chi connectivity index (χ0n) is 14.7. The number of likely N-dealkylation sites (tertiary alicyclic amines) is 1. The largest absolute Gasteiger partial charge is 0.493 e. The van der Waals surface area contributed by atoms with Gasteiger partial charge in [0, 0.05) is 0 Å². The van der Waals surface area contributed by atoms with Crippen molar-refractivity contribution in [2.24, 2.45) is 5.92 Å². The van der Waals surface area contributed by atoms with Gasteiger partial charge in [-0.2, -0.15) is 0 Å². The summed E-state index contributed by atoms with van der Waals surface area (Å²) in [6.45, 7) is 3.18. The molecule has 1 heterocycles. The number of hydrogen-bond donors (Lipinski definition) is 0. The summed E-state index contributed by atoms with van der Waals surface area (Å²) >= 11 is 0. The Morgan fingerprint density at radius 3 is 2.42 bits per heavy atom. The van der Waals surface area contributed by atoms with Crippen LogP contribution in [-0.4, -0.2) is 38.8 Å². The SMILES string of the molecule is COc1cc(-c2ccccc2)ccc1OCCC1CCN(C)CC1. The van der Waals surface area contributed by atoms with Gasteiger partial charge in [0.2, 0.25) is 0 Å². The van der Waals surface area contributed by atoms with Crippen molar-refractivity contribution in [3.8, 4) is 22.6 Å². The quantitative estimate of drug-likeness (QED) is 0.782. The zero-order valence-corrected chi connectivity index (χ0v) is 14.7. The van der Waals surface area contributed by atoms with Crippen LogP contribution in [0, 0.1) is 5.92 Å². The summed E-state index contributed by atoms with van der Waals surface area (Å²) < 4.78 is 11.5. The Bertz CT molecular complexity index is 634. The van der Waals surface area contributed by atoms with Crippen molar-refractivity contribution >= 4 is 0 Å². The third kappa shape index (κ3) is 4.30. The molecule has 3 heteroatoms. The van der Waals surface area contributed by atoms with Gasteiger partial charge in [0.05, 0.1) is 13.7 Å². The third-order valence-electron chi connectivity index (χ3n) is 4.89. The highest BCUT2D eigenvalue weighted by Gasteiger charge is 2.16. The molecule has 1 aliphatic rings. The van der Waals surface area contributed by atoms with Crippen LogP contribution in [-0.2, 0) is 0 Å². The number of ether oxygens (including phenoxy) is 2. The second-order valence-corrected chi connectivity index (χ2v) is 6.62. The first-order chi connectivity index (χ1) is 11.8. The molecule has 0 radical (unpaired) electrons. The average molecular weight is 325 g/mol. The van der Waals surface area contributed by atoms with E-state index in [9.17, 15) is 0 Å². The molecule has 0 saturated carbocycles. The Kier molecular flexibility index (Phi) is 5.76. The first-order valence-electron chi connectivity index (χ1n) is 8.81. The van der Waals surface area contributed by atoms with Crippen molar-refractivity contribution in [3.63, 3.8) is 0 Å². The summed E-state index contributed by atoms with van der Waals surface area (Å²) in [5.74, 6) is 2.43. The van der Waals surface area contributed by atoms with E-state index in [1.54, 1.807) is 7.11 Å². The van der Waals surface area contributed by atoms with E-state index < -0.39 is 0 Å². The van der Waals surface area contributed by atoms with Crippen molar-refractivity contribution in [1.29, 1.82) is 0 Å². The monoisotopic (exact) mass is 325 g/mol. The normalized spacial score (nSPS) is 16.1. The van der Waals surface area contributed by atoms with Crippen LogP contribution in [0.25, 0.3) is 11.1 Å². The molecule has 0 aromatic heterocycles. The molecule has 0 unspecified atom stereocenters. The maximum atomic E-state index is 6.01. The lowest BCUT2D eigenvalue weighted by Crippen LogP contribution is -2.30. The van der Waals surface area contributed by atoms with E-state index in [-0.39, 0.29) is 0 Å². The molecule has 0 aliphatic carbocycles. The van der Waals surface area contributed by atoms with Crippen LogP contribution in [0.5, 0.6) is 11.5 Å². The minimum Gasteiger partial charge on any atom is -0.493 e. The first-order valence-corrected chi connectivity index (χ1v) is 8.81. The van der Waals surface area contributed by atoms with E-state index >= 15 is 0 Å². The van der Waals surface area contributed by atoms with Crippen molar-refractivity contribution < 1.29 is 9.47 Å². The summed E-state index contributed by atoms with van der Waals surface area (Å²) in [7, 11) is 3.90. The van der Waals surface area contributed by atoms with Gasteiger partial charge in [-0.1, -0.05) is 36.4 Å². The Morgan fingerprint density at radius 2 is 1.71 bits per heavy atom. The van der Waals surface area contributed by atoms with Crippen LogP contribution in [0.2, 0.25) is 0 Å². The fourth-order valence-corrected chi connectivity index (χ4v) is 3.28. The fourth-order valence-electron chi connectivity index (χ4n) is 3.28. The smallest absolute Gasteiger partial charge is 0.161 e. The molecule has 0 amide bonds. The van der Waals surface area contributed by atoms with Gasteiger partial charge in [-0.05, 0) is 68.6 Å². The van der Waals surface area contributed by atoms with Crippen LogP contribution in [0.4, 0.5) is 0 Å².